The molecule has 0 saturated carbocycles. The van der Waals surface area contributed by atoms with E-state index >= 15 is 0 Å². The summed E-state index contributed by atoms with van der Waals surface area (Å²) in [6.07, 6.45) is 4.85. The van der Waals surface area contributed by atoms with E-state index in [0.717, 1.165) is 36.5 Å². The number of nitrogens with one attached hydrogen (secondary N) is 2. The lowest BCUT2D eigenvalue weighted by molar-refractivity contribution is 0.778. The van der Waals surface area contributed by atoms with Crippen LogP contribution >= 0.6 is 0 Å². The number of anilines is 1. The highest BCUT2D eigenvalue weighted by Crippen LogP contribution is 2.21. The van der Waals surface area contributed by atoms with Crippen LogP contribution in [0.4, 0.5) is 5.82 Å². The van der Waals surface area contributed by atoms with Crippen molar-refractivity contribution in [1.29, 1.82) is 0 Å². The molecule has 1 fully saturated rings. The Morgan fingerprint density at radius 1 is 1.50 bits per heavy atom. The average molecular weight is 245 g/mol. The van der Waals surface area contributed by atoms with Gasteiger partial charge >= 0.3 is 0 Å². The molecular weight excluding hydrogens is 226 g/mol. The molecule has 0 aromatic carbocycles. The predicted molar refractivity (Wildman–Crippen MR) is 72.0 cm³/mol. The van der Waals surface area contributed by atoms with Crippen molar-refractivity contribution in [1.82, 2.24) is 19.9 Å². The molecule has 0 aliphatic carbocycles. The van der Waals surface area contributed by atoms with Gasteiger partial charge in [-0.15, -0.1) is 0 Å². The van der Waals surface area contributed by atoms with Gasteiger partial charge < -0.3 is 10.6 Å². The molecule has 1 aliphatic rings. The fourth-order valence-electron chi connectivity index (χ4n) is 2.31. The maximum Gasteiger partial charge on any atom is 0.152 e. The summed E-state index contributed by atoms with van der Waals surface area (Å²) in [7, 11) is 0. The molecule has 18 heavy (non-hydrogen) atoms. The Hall–Kier alpha value is -1.62. The van der Waals surface area contributed by atoms with Gasteiger partial charge in [0.05, 0.1) is 5.69 Å². The maximum absolute atomic E-state index is 4.57. The molecule has 96 valence electrons. The van der Waals surface area contributed by atoms with Crippen LogP contribution in [-0.2, 0) is 0 Å². The van der Waals surface area contributed by atoms with Crippen LogP contribution in [0, 0.1) is 0 Å². The van der Waals surface area contributed by atoms with Crippen molar-refractivity contribution in [2.45, 2.75) is 32.2 Å². The van der Waals surface area contributed by atoms with Gasteiger partial charge in [0.25, 0.3) is 0 Å². The summed E-state index contributed by atoms with van der Waals surface area (Å²) in [6, 6.07) is 2.60. The number of hydrogen-bond acceptors (Lipinski definition) is 4. The molecule has 3 rings (SSSR count). The molecule has 0 amide bonds. The van der Waals surface area contributed by atoms with E-state index in [1.54, 1.807) is 6.20 Å². The second-order valence-corrected chi connectivity index (χ2v) is 5.16. The van der Waals surface area contributed by atoms with Gasteiger partial charge in [-0.3, -0.25) is 0 Å². The van der Waals surface area contributed by atoms with Gasteiger partial charge in [0.2, 0.25) is 0 Å². The monoisotopic (exact) mass is 245 g/mol. The van der Waals surface area contributed by atoms with E-state index in [1.807, 2.05) is 10.7 Å². The van der Waals surface area contributed by atoms with Gasteiger partial charge in [0, 0.05) is 25.0 Å². The second kappa shape index (κ2) is 4.57. The van der Waals surface area contributed by atoms with Crippen molar-refractivity contribution >= 4 is 11.3 Å². The molecule has 5 heteroatoms. The van der Waals surface area contributed by atoms with E-state index in [2.05, 4.69) is 40.6 Å². The minimum atomic E-state index is 0.436. The highest BCUT2D eigenvalue weighted by atomic mass is 15.2. The van der Waals surface area contributed by atoms with E-state index in [0.29, 0.717) is 12.0 Å². The standard InChI is InChI=1S/C13H19N5/c1-9(2)11-7-12-13(15-5-6-18(12)17-11)16-10-3-4-14-8-10/h5-7,9-10,14H,3-4,8H2,1-2H3,(H,15,16). The molecule has 0 bridgehead atoms. The Morgan fingerprint density at radius 3 is 3.11 bits per heavy atom. The van der Waals surface area contributed by atoms with E-state index in [4.69, 9.17) is 0 Å². The third-order valence-corrected chi connectivity index (χ3v) is 3.40. The van der Waals surface area contributed by atoms with Crippen LogP contribution in [0.3, 0.4) is 0 Å². The largest absolute Gasteiger partial charge is 0.364 e. The normalized spacial score (nSPS) is 19.8. The van der Waals surface area contributed by atoms with Gasteiger partial charge in [-0.25, -0.2) is 9.50 Å². The molecule has 1 saturated heterocycles. The fraction of sp³-hybridized carbons (Fsp3) is 0.538. The van der Waals surface area contributed by atoms with Crippen LogP contribution in [0.5, 0.6) is 0 Å². The Kier molecular flexibility index (Phi) is 2.91. The van der Waals surface area contributed by atoms with Crippen molar-refractivity contribution in [3.63, 3.8) is 0 Å². The summed E-state index contributed by atoms with van der Waals surface area (Å²) in [6.45, 7) is 6.40. The third-order valence-electron chi connectivity index (χ3n) is 3.40. The summed E-state index contributed by atoms with van der Waals surface area (Å²) in [5, 5.41) is 11.4. The number of rotatable bonds is 3. The Labute approximate surface area is 107 Å². The van der Waals surface area contributed by atoms with Crippen LogP contribution in [-0.4, -0.2) is 33.7 Å². The number of aromatic nitrogens is 3. The number of fused-ring (bicyclic) bond motifs is 1. The van der Waals surface area contributed by atoms with E-state index < -0.39 is 0 Å². The number of nitrogens with zero attached hydrogens (tertiary/aromatic N) is 3. The Balaban J connectivity index is 1.95. The zero-order valence-electron chi connectivity index (χ0n) is 10.8. The van der Waals surface area contributed by atoms with Gasteiger partial charge in [-0.05, 0) is 24.9 Å². The van der Waals surface area contributed by atoms with E-state index in [9.17, 15) is 0 Å². The molecule has 0 radical (unpaired) electrons. The first-order valence-electron chi connectivity index (χ1n) is 6.55. The Morgan fingerprint density at radius 2 is 2.39 bits per heavy atom. The van der Waals surface area contributed by atoms with Gasteiger partial charge in [-0.2, -0.15) is 5.10 Å². The molecule has 1 atom stereocenters. The molecule has 2 N–H and O–H groups in total. The zero-order valence-corrected chi connectivity index (χ0v) is 10.8. The highest BCUT2D eigenvalue weighted by Gasteiger charge is 2.16. The minimum absolute atomic E-state index is 0.436. The van der Waals surface area contributed by atoms with Crippen LogP contribution in [0.15, 0.2) is 18.5 Å². The minimum Gasteiger partial charge on any atom is -0.364 e. The summed E-state index contributed by atoms with van der Waals surface area (Å²) in [5.41, 5.74) is 2.17. The van der Waals surface area contributed by atoms with E-state index in [-0.39, 0.29) is 0 Å². The summed E-state index contributed by atoms with van der Waals surface area (Å²) in [5.74, 6) is 1.37. The van der Waals surface area contributed by atoms with Gasteiger partial charge in [0.15, 0.2) is 5.82 Å². The molecular formula is C13H19N5. The quantitative estimate of drug-likeness (QED) is 0.863. The smallest absolute Gasteiger partial charge is 0.152 e. The lowest BCUT2D eigenvalue weighted by atomic mass is 10.1. The second-order valence-electron chi connectivity index (χ2n) is 5.16. The van der Waals surface area contributed by atoms with Crippen molar-refractivity contribution in [2.24, 2.45) is 0 Å². The van der Waals surface area contributed by atoms with Crippen molar-refractivity contribution in [3.05, 3.63) is 24.2 Å². The SMILES string of the molecule is CC(C)c1cc2c(NC3CCNC3)nccn2n1. The van der Waals surface area contributed by atoms with Crippen molar-refractivity contribution < 1.29 is 0 Å². The van der Waals surface area contributed by atoms with E-state index in [1.165, 1.54) is 0 Å². The number of hydrogen-bond donors (Lipinski definition) is 2. The zero-order chi connectivity index (χ0) is 12.5. The molecule has 1 unspecified atom stereocenters. The summed E-state index contributed by atoms with van der Waals surface area (Å²) < 4.78 is 1.91. The summed E-state index contributed by atoms with van der Waals surface area (Å²) >= 11 is 0. The molecule has 1 aliphatic heterocycles. The highest BCUT2D eigenvalue weighted by molar-refractivity contribution is 5.68. The lowest BCUT2D eigenvalue weighted by Gasteiger charge is -2.12. The van der Waals surface area contributed by atoms with Gasteiger partial charge in [-0.1, -0.05) is 13.8 Å². The van der Waals surface area contributed by atoms with Crippen molar-refractivity contribution in [3.8, 4) is 0 Å². The molecule has 5 nitrogen and oxygen atoms in total. The lowest BCUT2D eigenvalue weighted by Crippen LogP contribution is -2.23. The van der Waals surface area contributed by atoms with Crippen LogP contribution < -0.4 is 10.6 Å². The summed E-state index contributed by atoms with van der Waals surface area (Å²) in [4.78, 5) is 4.44. The molecule has 2 aromatic heterocycles. The fourth-order valence-corrected chi connectivity index (χ4v) is 2.31. The predicted octanol–water partition coefficient (Wildman–Crippen LogP) is 1.63. The van der Waals surface area contributed by atoms with Crippen LogP contribution in [0.1, 0.15) is 31.9 Å². The van der Waals surface area contributed by atoms with Gasteiger partial charge in [0.1, 0.15) is 5.52 Å². The van der Waals surface area contributed by atoms with Crippen LogP contribution in [0.2, 0.25) is 0 Å². The first-order valence-corrected chi connectivity index (χ1v) is 6.55. The molecule has 3 heterocycles. The molecule has 0 spiro atoms. The van der Waals surface area contributed by atoms with Crippen molar-refractivity contribution in [2.75, 3.05) is 18.4 Å². The maximum atomic E-state index is 4.57. The third kappa shape index (κ3) is 2.06. The first kappa shape index (κ1) is 11.5. The topological polar surface area (TPSA) is 54.2 Å². The van der Waals surface area contributed by atoms with Crippen LogP contribution in [0.25, 0.3) is 5.52 Å². The Bertz CT molecular complexity index is 539. The average Bonchev–Trinajstić information content (AvgIpc) is 2.97. The first-order chi connectivity index (χ1) is 8.74. The molecule has 2 aromatic rings.